The van der Waals surface area contributed by atoms with Crippen molar-refractivity contribution in [1.82, 2.24) is 0 Å². The maximum Gasteiger partial charge on any atom is 0.513 e. The quantitative estimate of drug-likeness (QED) is 0.211. The van der Waals surface area contributed by atoms with E-state index in [1.165, 1.54) is 38.5 Å². The van der Waals surface area contributed by atoms with Crippen LogP contribution < -0.4 is 4.74 Å². The zero-order valence-corrected chi connectivity index (χ0v) is 19.6. The third-order valence-electron chi connectivity index (χ3n) is 6.61. The van der Waals surface area contributed by atoms with Crippen LogP contribution in [0.15, 0.2) is 42.5 Å². The maximum absolute atomic E-state index is 15.0. The van der Waals surface area contributed by atoms with Crippen molar-refractivity contribution >= 4 is 6.16 Å². The molecule has 3 rings (SSSR count). The zero-order valence-electron chi connectivity index (χ0n) is 19.6. The molecule has 0 spiro atoms. The highest BCUT2D eigenvalue weighted by Crippen LogP contribution is 2.39. The van der Waals surface area contributed by atoms with Gasteiger partial charge in [-0.1, -0.05) is 70.2 Å². The molecule has 1 aliphatic rings. The molecule has 0 unspecified atom stereocenters. The van der Waals surface area contributed by atoms with Crippen molar-refractivity contribution in [2.45, 2.75) is 84.0 Å². The van der Waals surface area contributed by atoms with Gasteiger partial charge in [-0.25, -0.2) is 9.18 Å². The second-order valence-corrected chi connectivity index (χ2v) is 9.03. The van der Waals surface area contributed by atoms with Crippen LogP contribution in [0.3, 0.4) is 0 Å². The van der Waals surface area contributed by atoms with Gasteiger partial charge in [-0.2, -0.15) is 0 Å². The molecule has 2 aromatic carbocycles. The lowest BCUT2D eigenvalue weighted by atomic mass is 9.77. The first-order valence-corrected chi connectivity index (χ1v) is 12.3. The lowest BCUT2D eigenvalue weighted by molar-refractivity contribution is 0.0978. The molecule has 0 atom stereocenters. The molecular weight excluding hydrogens is 403 g/mol. The van der Waals surface area contributed by atoms with Gasteiger partial charge in [0.15, 0.2) is 0 Å². The second kappa shape index (κ2) is 12.6. The van der Waals surface area contributed by atoms with Crippen molar-refractivity contribution in [3.05, 3.63) is 53.8 Å². The van der Waals surface area contributed by atoms with Crippen LogP contribution in [0.25, 0.3) is 11.1 Å². The Morgan fingerprint density at radius 1 is 0.938 bits per heavy atom. The standard InChI is InChI=1S/C28H37FO3/c1-3-5-7-8-21-9-11-22(12-10-21)24-15-18-26(27(29)20-24)23-13-16-25(17-14-23)32-28(30)31-19-6-4-2/h13-18,20-22H,3-12,19H2,1-2H3. The van der Waals surface area contributed by atoms with E-state index in [-0.39, 0.29) is 5.82 Å². The molecule has 0 aromatic heterocycles. The molecule has 0 amide bonds. The van der Waals surface area contributed by atoms with Crippen LogP contribution in [-0.4, -0.2) is 12.8 Å². The number of ether oxygens (including phenoxy) is 2. The van der Waals surface area contributed by atoms with Gasteiger partial charge in [0, 0.05) is 5.56 Å². The minimum Gasteiger partial charge on any atom is -0.434 e. The summed E-state index contributed by atoms with van der Waals surface area (Å²) < 4.78 is 25.1. The average Bonchev–Trinajstić information content (AvgIpc) is 2.80. The van der Waals surface area contributed by atoms with Crippen molar-refractivity contribution in [3.63, 3.8) is 0 Å². The van der Waals surface area contributed by atoms with E-state index < -0.39 is 6.16 Å². The summed E-state index contributed by atoms with van der Waals surface area (Å²) in [5, 5.41) is 0. The molecule has 32 heavy (non-hydrogen) atoms. The van der Waals surface area contributed by atoms with Crippen LogP contribution in [-0.2, 0) is 4.74 Å². The molecule has 0 N–H and O–H groups in total. The highest BCUT2D eigenvalue weighted by Gasteiger charge is 2.23. The summed E-state index contributed by atoms with van der Waals surface area (Å²) in [7, 11) is 0. The lowest BCUT2D eigenvalue weighted by Crippen LogP contribution is -2.13. The second-order valence-electron chi connectivity index (χ2n) is 9.03. The third-order valence-corrected chi connectivity index (χ3v) is 6.61. The summed E-state index contributed by atoms with van der Waals surface area (Å²) in [5.41, 5.74) is 2.45. The first-order chi connectivity index (χ1) is 15.6. The molecule has 0 heterocycles. The van der Waals surface area contributed by atoms with Crippen LogP contribution >= 0.6 is 0 Å². The highest BCUT2D eigenvalue weighted by molar-refractivity contribution is 5.67. The Kier molecular flexibility index (Phi) is 9.58. The Morgan fingerprint density at radius 2 is 1.66 bits per heavy atom. The van der Waals surface area contributed by atoms with Gasteiger partial charge in [-0.3, -0.25) is 0 Å². The lowest BCUT2D eigenvalue weighted by Gasteiger charge is -2.29. The largest absolute Gasteiger partial charge is 0.513 e. The Balaban J connectivity index is 1.55. The van der Waals surface area contributed by atoms with Crippen LogP contribution in [0.5, 0.6) is 5.75 Å². The molecule has 1 aliphatic carbocycles. The zero-order chi connectivity index (χ0) is 22.8. The number of benzene rings is 2. The maximum atomic E-state index is 15.0. The van der Waals surface area contributed by atoms with E-state index in [1.807, 2.05) is 13.0 Å². The molecule has 0 radical (unpaired) electrons. The van der Waals surface area contributed by atoms with Crippen LogP contribution in [0.4, 0.5) is 9.18 Å². The Morgan fingerprint density at radius 3 is 2.31 bits per heavy atom. The van der Waals surface area contributed by atoms with E-state index in [0.717, 1.165) is 42.7 Å². The van der Waals surface area contributed by atoms with E-state index in [4.69, 9.17) is 9.47 Å². The molecule has 174 valence electrons. The molecule has 1 fully saturated rings. The molecule has 3 nitrogen and oxygen atoms in total. The highest BCUT2D eigenvalue weighted by atomic mass is 19.1. The number of halogens is 1. The predicted octanol–water partition coefficient (Wildman–Crippen LogP) is 8.66. The van der Waals surface area contributed by atoms with Gasteiger partial charge in [-0.05, 0) is 73.3 Å². The number of carbonyl (C=O) groups excluding carboxylic acids is 1. The minimum atomic E-state index is -0.707. The van der Waals surface area contributed by atoms with Crippen molar-refractivity contribution in [3.8, 4) is 16.9 Å². The van der Waals surface area contributed by atoms with E-state index in [1.54, 1.807) is 30.3 Å². The Bertz CT molecular complexity index is 838. The summed E-state index contributed by atoms with van der Waals surface area (Å²) >= 11 is 0. The fraction of sp³-hybridized carbons (Fsp3) is 0.536. The Hall–Kier alpha value is -2.36. The van der Waals surface area contributed by atoms with E-state index in [2.05, 4.69) is 13.0 Å². The summed E-state index contributed by atoms with van der Waals surface area (Å²) in [4.78, 5) is 11.7. The number of hydrogen-bond donors (Lipinski definition) is 0. The van der Waals surface area contributed by atoms with Gasteiger partial charge in [0.1, 0.15) is 11.6 Å². The van der Waals surface area contributed by atoms with Gasteiger partial charge < -0.3 is 9.47 Å². The molecular formula is C28H37FO3. The first-order valence-electron chi connectivity index (χ1n) is 12.3. The Labute approximate surface area is 192 Å². The van der Waals surface area contributed by atoms with Crippen LogP contribution in [0.1, 0.15) is 89.5 Å². The fourth-order valence-electron chi connectivity index (χ4n) is 4.61. The normalized spacial score (nSPS) is 18.3. The molecule has 0 bridgehead atoms. The first kappa shape index (κ1) is 24.3. The minimum absolute atomic E-state index is 0.194. The predicted molar refractivity (Wildman–Crippen MR) is 128 cm³/mol. The molecule has 0 aliphatic heterocycles. The molecule has 1 saturated carbocycles. The van der Waals surface area contributed by atoms with Crippen molar-refractivity contribution < 1.29 is 18.7 Å². The summed E-state index contributed by atoms with van der Waals surface area (Å²) in [6.45, 7) is 4.63. The summed E-state index contributed by atoms with van der Waals surface area (Å²) in [5.74, 6) is 1.52. The molecule has 2 aromatic rings. The van der Waals surface area contributed by atoms with Crippen molar-refractivity contribution in [2.24, 2.45) is 5.92 Å². The topological polar surface area (TPSA) is 35.5 Å². The average molecular weight is 441 g/mol. The third kappa shape index (κ3) is 7.08. The molecule has 4 heteroatoms. The number of unbranched alkanes of at least 4 members (excludes halogenated alkanes) is 3. The smallest absolute Gasteiger partial charge is 0.434 e. The monoisotopic (exact) mass is 440 g/mol. The van der Waals surface area contributed by atoms with Gasteiger partial charge in [0.05, 0.1) is 6.61 Å². The number of rotatable bonds is 10. The van der Waals surface area contributed by atoms with E-state index in [0.29, 0.717) is 23.8 Å². The van der Waals surface area contributed by atoms with Crippen LogP contribution in [0.2, 0.25) is 0 Å². The van der Waals surface area contributed by atoms with Gasteiger partial charge >= 0.3 is 6.16 Å². The van der Waals surface area contributed by atoms with Crippen molar-refractivity contribution in [2.75, 3.05) is 6.61 Å². The summed E-state index contributed by atoms with van der Waals surface area (Å²) in [6.07, 6.45) is 11.2. The SMILES string of the molecule is CCCCCC1CCC(c2ccc(-c3ccc(OC(=O)OCCCC)cc3)c(F)c2)CC1. The fourth-order valence-corrected chi connectivity index (χ4v) is 4.61. The summed E-state index contributed by atoms with van der Waals surface area (Å²) in [6, 6.07) is 12.6. The van der Waals surface area contributed by atoms with Gasteiger partial charge in [0.2, 0.25) is 0 Å². The molecule has 0 saturated heterocycles. The number of carbonyl (C=O) groups is 1. The van der Waals surface area contributed by atoms with E-state index in [9.17, 15) is 9.18 Å². The van der Waals surface area contributed by atoms with Crippen LogP contribution in [0, 0.1) is 11.7 Å². The van der Waals surface area contributed by atoms with Gasteiger partial charge in [0.25, 0.3) is 0 Å². The van der Waals surface area contributed by atoms with Gasteiger partial charge in [-0.15, -0.1) is 0 Å². The van der Waals surface area contributed by atoms with E-state index >= 15 is 0 Å². The van der Waals surface area contributed by atoms with Crippen molar-refractivity contribution in [1.29, 1.82) is 0 Å². The number of hydrogen-bond acceptors (Lipinski definition) is 3.